The maximum atomic E-state index is 6.31. The standard InChI is InChI=1S/C47H29N3O/c1-3-13-30(14-4-1)34-27-35(31-15-5-2-6-16-31)29-36(28-34)45-48-46(39-21-11-18-33-26-25-32-17-7-8-19-37(32)43(33)39)50-47(49-45)40-22-12-24-42-44(40)38-20-9-10-23-41(38)51-42/h1-29H. The summed E-state index contributed by atoms with van der Waals surface area (Å²) >= 11 is 0. The third kappa shape index (κ3) is 5.04. The first-order valence-corrected chi connectivity index (χ1v) is 17.1. The average molecular weight is 652 g/mol. The van der Waals surface area contributed by atoms with Gasteiger partial charge in [0.25, 0.3) is 0 Å². The molecule has 0 spiro atoms. The summed E-state index contributed by atoms with van der Waals surface area (Å²) in [6, 6.07) is 61.1. The van der Waals surface area contributed by atoms with Crippen LogP contribution in [-0.2, 0) is 0 Å². The van der Waals surface area contributed by atoms with E-state index in [1.54, 1.807) is 0 Å². The van der Waals surface area contributed by atoms with Crippen molar-refractivity contribution in [2.24, 2.45) is 0 Å². The van der Waals surface area contributed by atoms with Gasteiger partial charge >= 0.3 is 0 Å². The highest BCUT2D eigenvalue weighted by Crippen LogP contribution is 2.39. The van der Waals surface area contributed by atoms with Gasteiger partial charge in [0.2, 0.25) is 0 Å². The third-order valence-electron chi connectivity index (χ3n) is 9.69. The zero-order chi connectivity index (χ0) is 33.7. The van der Waals surface area contributed by atoms with Gasteiger partial charge in [-0.05, 0) is 68.7 Å². The van der Waals surface area contributed by atoms with Crippen molar-refractivity contribution >= 4 is 43.5 Å². The molecule has 0 atom stereocenters. The summed E-state index contributed by atoms with van der Waals surface area (Å²) in [4.78, 5) is 15.9. The van der Waals surface area contributed by atoms with Crippen LogP contribution in [0.4, 0.5) is 0 Å². The van der Waals surface area contributed by atoms with Crippen LogP contribution in [0.1, 0.15) is 0 Å². The quantitative estimate of drug-likeness (QED) is 0.174. The summed E-state index contributed by atoms with van der Waals surface area (Å²) in [5.41, 5.74) is 8.83. The van der Waals surface area contributed by atoms with Crippen LogP contribution in [0.3, 0.4) is 0 Å². The summed E-state index contributed by atoms with van der Waals surface area (Å²) in [5.74, 6) is 1.82. The molecule has 0 unspecified atom stereocenters. The first-order valence-electron chi connectivity index (χ1n) is 17.1. The molecule has 0 saturated heterocycles. The highest BCUT2D eigenvalue weighted by molar-refractivity contribution is 6.14. The molecule has 0 amide bonds. The summed E-state index contributed by atoms with van der Waals surface area (Å²) in [6.07, 6.45) is 0. The average Bonchev–Trinajstić information content (AvgIpc) is 3.60. The van der Waals surface area contributed by atoms with Crippen molar-refractivity contribution in [1.82, 2.24) is 15.0 Å². The van der Waals surface area contributed by atoms with Crippen molar-refractivity contribution in [1.29, 1.82) is 0 Å². The van der Waals surface area contributed by atoms with Crippen LogP contribution in [0.25, 0.3) is 99.9 Å². The first-order chi connectivity index (χ1) is 25.3. The Morgan fingerprint density at radius 2 is 0.824 bits per heavy atom. The number of rotatable bonds is 5. The summed E-state index contributed by atoms with van der Waals surface area (Å²) in [7, 11) is 0. The van der Waals surface area contributed by atoms with Gasteiger partial charge in [0.05, 0.1) is 0 Å². The molecule has 0 N–H and O–H groups in total. The van der Waals surface area contributed by atoms with E-state index in [0.717, 1.165) is 77.0 Å². The third-order valence-corrected chi connectivity index (χ3v) is 9.69. The fraction of sp³-hybridized carbons (Fsp3) is 0. The topological polar surface area (TPSA) is 51.8 Å². The molecule has 10 aromatic rings. The van der Waals surface area contributed by atoms with E-state index in [4.69, 9.17) is 19.4 Å². The van der Waals surface area contributed by atoms with Gasteiger partial charge in [-0.15, -0.1) is 0 Å². The lowest BCUT2D eigenvalue weighted by Gasteiger charge is -2.14. The SMILES string of the molecule is c1ccc(-c2cc(-c3ccccc3)cc(-c3nc(-c4cccc5ccc6ccccc6c45)nc(-c4cccc5oc6ccccc6c45)n3)c2)cc1. The van der Waals surface area contributed by atoms with Crippen LogP contribution >= 0.6 is 0 Å². The zero-order valence-electron chi connectivity index (χ0n) is 27.5. The van der Waals surface area contributed by atoms with Crippen LogP contribution in [0.5, 0.6) is 0 Å². The number of hydrogen-bond acceptors (Lipinski definition) is 4. The number of nitrogens with zero attached hydrogens (tertiary/aromatic N) is 3. The molecular weight excluding hydrogens is 623 g/mol. The van der Waals surface area contributed by atoms with Gasteiger partial charge in [0, 0.05) is 32.8 Å². The fourth-order valence-corrected chi connectivity index (χ4v) is 7.30. The number of para-hydroxylation sites is 1. The lowest BCUT2D eigenvalue weighted by Crippen LogP contribution is -2.01. The zero-order valence-corrected chi connectivity index (χ0v) is 27.5. The second-order valence-electron chi connectivity index (χ2n) is 12.8. The highest BCUT2D eigenvalue weighted by Gasteiger charge is 2.20. The van der Waals surface area contributed by atoms with Gasteiger partial charge in [0.1, 0.15) is 11.2 Å². The normalized spacial score (nSPS) is 11.5. The van der Waals surface area contributed by atoms with Gasteiger partial charge < -0.3 is 4.42 Å². The number of aromatic nitrogens is 3. The summed E-state index contributed by atoms with van der Waals surface area (Å²) < 4.78 is 6.31. The molecule has 0 bridgehead atoms. The van der Waals surface area contributed by atoms with Crippen molar-refractivity contribution < 1.29 is 4.42 Å². The molecule has 238 valence electrons. The van der Waals surface area contributed by atoms with Gasteiger partial charge in [-0.25, -0.2) is 15.0 Å². The van der Waals surface area contributed by atoms with E-state index in [-0.39, 0.29) is 0 Å². The lowest BCUT2D eigenvalue weighted by molar-refractivity contribution is 0.669. The minimum absolute atomic E-state index is 0.593. The minimum atomic E-state index is 0.593. The van der Waals surface area contributed by atoms with E-state index >= 15 is 0 Å². The monoisotopic (exact) mass is 651 g/mol. The van der Waals surface area contributed by atoms with Crippen molar-refractivity contribution in [3.63, 3.8) is 0 Å². The number of fused-ring (bicyclic) bond motifs is 6. The number of benzene rings is 8. The molecule has 0 saturated carbocycles. The van der Waals surface area contributed by atoms with E-state index in [0.29, 0.717) is 17.5 Å². The molecule has 0 aliphatic heterocycles. The van der Waals surface area contributed by atoms with E-state index in [9.17, 15) is 0 Å². The molecule has 0 fully saturated rings. The van der Waals surface area contributed by atoms with Gasteiger partial charge in [-0.3, -0.25) is 0 Å². The predicted molar refractivity (Wildman–Crippen MR) is 209 cm³/mol. The van der Waals surface area contributed by atoms with Crippen LogP contribution in [0, 0.1) is 0 Å². The first kappa shape index (κ1) is 29.0. The van der Waals surface area contributed by atoms with Crippen molar-refractivity contribution in [3.05, 3.63) is 176 Å². The molecule has 4 heteroatoms. The number of furan rings is 1. The van der Waals surface area contributed by atoms with Crippen molar-refractivity contribution in [2.75, 3.05) is 0 Å². The van der Waals surface area contributed by atoms with E-state index in [1.165, 1.54) is 5.39 Å². The van der Waals surface area contributed by atoms with Gasteiger partial charge in [0.15, 0.2) is 17.5 Å². The highest BCUT2D eigenvalue weighted by atomic mass is 16.3. The molecule has 2 heterocycles. The molecule has 51 heavy (non-hydrogen) atoms. The Labute approximate surface area is 294 Å². The molecule has 0 aliphatic carbocycles. The molecular formula is C47H29N3O. The van der Waals surface area contributed by atoms with Crippen LogP contribution in [-0.4, -0.2) is 15.0 Å². The Balaban J connectivity index is 1.29. The van der Waals surface area contributed by atoms with E-state index in [2.05, 4.69) is 133 Å². The van der Waals surface area contributed by atoms with Gasteiger partial charge in [-0.1, -0.05) is 146 Å². The van der Waals surface area contributed by atoms with Crippen molar-refractivity contribution in [2.45, 2.75) is 0 Å². The minimum Gasteiger partial charge on any atom is -0.456 e. The second-order valence-corrected chi connectivity index (χ2v) is 12.8. The number of hydrogen-bond donors (Lipinski definition) is 0. The molecule has 10 rings (SSSR count). The maximum absolute atomic E-state index is 6.31. The van der Waals surface area contributed by atoms with Crippen molar-refractivity contribution in [3.8, 4) is 56.4 Å². The van der Waals surface area contributed by atoms with Gasteiger partial charge in [-0.2, -0.15) is 0 Å². The van der Waals surface area contributed by atoms with Crippen LogP contribution in [0.2, 0.25) is 0 Å². The van der Waals surface area contributed by atoms with Crippen LogP contribution in [0.15, 0.2) is 180 Å². The summed E-state index contributed by atoms with van der Waals surface area (Å²) in [5, 5.41) is 6.60. The predicted octanol–water partition coefficient (Wildman–Crippen LogP) is 12.4. The maximum Gasteiger partial charge on any atom is 0.164 e. The Morgan fingerprint density at radius 1 is 0.314 bits per heavy atom. The Kier molecular flexibility index (Phi) is 6.78. The largest absolute Gasteiger partial charge is 0.456 e. The Morgan fingerprint density at radius 3 is 1.55 bits per heavy atom. The fourth-order valence-electron chi connectivity index (χ4n) is 7.30. The molecule has 4 nitrogen and oxygen atoms in total. The molecule has 8 aromatic carbocycles. The molecule has 0 aliphatic rings. The summed E-state index contributed by atoms with van der Waals surface area (Å²) in [6.45, 7) is 0. The Hall–Kier alpha value is -6.91. The Bertz CT molecular complexity index is 2860. The van der Waals surface area contributed by atoms with E-state index in [1.807, 2.05) is 42.5 Å². The molecule has 2 aromatic heterocycles. The second kappa shape index (κ2) is 11.9. The van der Waals surface area contributed by atoms with E-state index < -0.39 is 0 Å². The smallest absolute Gasteiger partial charge is 0.164 e. The molecule has 0 radical (unpaired) electrons. The van der Waals surface area contributed by atoms with Crippen LogP contribution < -0.4 is 0 Å². The lowest BCUT2D eigenvalue weighted by atomic mass is 9.95.